The summed E-state index contributed by atoms with van der Waals surface area (Å²) < 4.78 is 32.1. The summed E-state index contributed by atoms with van der Waals surface area (Å²) in [5.41, 5.74) is 0.808. The van der Waals surface area contributed by atoms with Crippen LogP contribution in [0.2, 0.25) is 0 Å². The average Bonchev–Trinajstić information content (AvgIpc) is 2.43. The van der Waals surface area contributed by atoms with E-state index in [1.807, 2.05) is 0 Å². The van der Waals surface area contributed by atoms with Crippen LogP contribution < -0.4 is 4.74 Å². The SMILES string of the molecule is COc1cc(F)c(Br)cc1C(=O)c1ccc(C)c(F)c1. The molecular formula is C15H11BrF2O2. The Morgan fingerprint density at radius 1 is 1.15 bits per heavy atom. The van der Waals surface area contributed by atoms with Crippen molar-refractivity contribution in [3.05, 3.63) is 63.1 Å². The minimum atomic E-state index is -0.534. The first kappa shape index (κ1) is 14.7. The molecule has 0 aliphatic heterocycles. The van der Waals surface area contributed by atoms with Crippen LogP contribution in [-0.4, -0.2) is 12.9 Å². The fourth-order valence-electron chi connectivity index (χ4n) is 1.76. The van der Waals surface area contributed by atoms with Crippen LogP contribution in [0.15, 0.2) is 34.8 Å². The summed E-state index contributed by atoms with van der Waals surface area (Å²) in [6, 6.07) is 6.65. The van der Waals surface area contributed by atoms with E-state index in [1.165, 1.54) is 25.3 Å². The van der Waals surface area contributed by atoms with Gasteiger partial charge >= 0.3 is 0 Å². The molecule has 0 heterocycles. The smallest absolute Gasteiger partial charge is 0.196 e. The summed E-state index contributed by atoms with van der Waals surface area (Å²) in [7, 11) is 1.34. The first-order valence-corrected chi connectivity index (χ1v) is 6.57. The predicted molar refractivity (Wildman–Crippen MR) is 75.2 cm³/mol. The Hall–Kier alpha value is -1.75. The molecule has 2 nitrogen and oxygen atoms in total. The van der Waals surface area contributed by atoms with Gasteiger partial charge in [0.1, 0.15) is 17.4 Å². The second-order valence-corrected chi connectivity index (χ2v) is 5.11. The van der Waals surface area contributed by atoms with Crippen LogP contribution in [0.25, 0.3) is 0 Å². The molecule has 0 fully saturated rings. The number of carbonyl (C=O) groups is 1. The van der Waals surface area contributed by atoms with E-state index in [0.717, 1.165) is 12.1 Å². The molecule has 2 aromatic carbocycles. The number of methoxy groups -OCH3 is 1. The van der Waals surface area contributed by atoms with Crippen LogP contribution in [-0.2, 0) is 0 Å². The monoisotopic (exact) mass is 340 g/mol. The zero-order valence-electron chi connectivity index (χ0n) is 10.8. The molecule has 0 N–H and O–H groups in total. The van der Waals surface area contributed by atoms with Gasteiger partial charge < -0.3 is 4.74 Å². The molecule has 2 aromatic rings. The average molecular weight is 341 g/mol. The van der Waals surface area contributed by atoms with E-state index in [2.05, 4.69) is 15.9 Å². The number of ether oxygens (including phenoxy) is 1. The second-order valence-electron chi connectivity index (χ2n) is 4.26. The zero-order valence-corrected chi connectivity index (χ0v) is 12.4. The first-order chi connectivity index (χ1) is 9.43. The van der Waals surface area contributed by atoms with Crippen LogP contribution >= 0.6 is 15.9 Å². The lowest BCUT2D eigenvalue weighted by atomic mass is 10.0. The molecule has 0 aromatic heterocycles. The van der Waals surface area contributed by atoms with Crippen molar-refractivity contribution in [3.63, 3.8) is 0 Å². The van der Waals surface area contributed by atoms with Crippen molar-refractivity contribution in [1.29, 1.82) is 0 Å². The van der Waals surface area contributed by atoms with Gasteiger partial charge in [-0.3, -0.25) is 4.79 Å². The van der Waals surface area contributed by atoms with Gasteiger partial charge in [0.15, 0.2) is 5.78 Å². The lowest BCUT2D eigenvalue weighted by Gasteiger charge is -2.09. The Morgan fingerprint density at radius 2 is 1.85 bits per heavy atom. The summed E-state index contributed by atoms with van der Waals surface area (Å²) >= 11 is 3.02. The summed E-state index contributed by atoms with van der Waals surface area (Å²) in [6.45, 7) is 1.61. The highest BCUT2D eigenvalue weighted by Gasteiger charge is 2.18. The first-order valence-electron chi connectivity index (χ1n) is 5.78. The maximum Gasteiger partial charge on any atom is 0.196 e. The summed E-state index contributed by atoms with van der Waals surface area (Å²) in [6.07, 6.45) is 0. The van der Waals surface area contributed by atoms with Gasteiger partial charge in [-0.1, -0.05) is 12.1 Å². The van der Waals surface area contributed by atoms with E-state index < -0.39 is 17.4 Å². The molecule has 0 aliphatic rings. The van der Waals surface area contributed by atoms with Gasteiger partial charge in [-0.05, 0) is 40.5 Å². The molecule has 0 unspecified atom stereocenters. The lowest BCUT2D eigenvalue weighted by molar-refractivity contribution is 0.103. The summed E-state index contributed by atoms with van der Waals surface area (Å²) in [4.78, 5) is 12.4. The summed E-state index contributed by atoms with van der Waals surface area (Å²) in [5, 5.41) is 0. The lowest BCUT2D eigenvalue weighted by Crippen LogP contribution is -2.05. The molecule has 20 heavy (non-hydrogen) atoms. The Kier molecular flexibility index (Phi) is 4.18. The van der Waals surface area contributed by atoms with Crippen molar-refractivity contribution in [2.75, 3.05) is 7.11 Å². The molecule has 0 aliphatic carbocycles. The number of rotatable bonds is 3. The van der Waals surface area contributed by atoms with Gasteiger partial charge in [-0.25, -0.2) is 8.78 Å². The minimum absolute atomic E-state index is 0.108. The van der Waals surface area contributed by atoms with Crippen molar-refractivity contribution >= 4 is 21.7 Å². The molecular weight excluding hydrogens is 330 g/mol. The van der Waals surface area contributed by atoms with Crippen molar-refractivity contribution in [3.8, 4) is 5.75 Å². The van der Waals surface area contributed by atoms with Gasteiger partial charge in [0.2, 0.25) is 0 Å². The Balaban J connectivity index is 2.52. The van der Waals surface area contributed by atoms with E-state index in [1.54, 1.807) is 6.92 Å². The van der Waals surface area contributed by atoms with E-state index in [-0.39, 0.29) is 21.3 Å². The topological polar surface area (TPSA) is 26.3 Å². The van der Waals surface area contributed by atoms with Crippen molar-refractivity contribution in [2.45, 2.75) is 6.92 Å². The standard InChI is InChI=1S/C15H11BrF2O2/c1-8-3-4-9(5-12(8)17)15(19)10-6-11(16)13(18)7-14(10)20-2/h3-7H,1-2H3. The fourth-order valence-corrected chi connectivity index (χ4v) is 2.11. The highest BCUT2D eigenvalue weighted by Crippen LogP contribution is 2.28. The number of carbonyl (C=O) groups excluding carboxylic acids is 1. The van der Waals surface area contributed by atoms with E-state index >= 15 is 0 Å². The van der Waals surface area contributed by atoms with Crippen LogP contribution in [0, 0.1) is 18.6 Å². The van der Waals surface area contributed by atoms with Crippen molar-refractivity contribution in [2.24, 2.45) is 0 Å². The maximum absolute atomic E-state index is 13.5. The van der Waals surface area contributed by atoms with Gasteiger partial charge in [-0.15, -0.1) is 0 Å². The number of hydrogen-bond donors (Lipinski definition) is 0. The van der Waals surface area contributed by atoms with Crippen LogP contribution in [0.1, 0.15) is 21.5 Å². The van der Waals surface area contributed by atoms with Gasteiger partial charge in [0.05, 0.1) is 17.1 Å². The number of ketones is 1. The van der Waals surface area contributed by atoms with E-state index in [0.29, 0.717) is 5.56 Å². The molecule has 0 spiro atoms. The number of benzene rings is 2. The fraction of sp³-hybridized carbons (Fsp3) is 0.133. The third-order valence-corrected chi connectivity index (χ3v) is 3.53. The molecule has 5 heteroatoms. The molecule has 0 amide bonds. The van der Waals surface area contributed by atoms with Gasteiger partial charge in [0.25, 0.3) is 0 Å². The van der Waals surface area contributed by atoms with Crippen LogP contribution in [0.3, 0.4) is 0 Å². The molecule has 0 bridgehead atoms. The molecule has 0 radical (unpaired) electrons. The molecule has 0 saturated carbocycles. The van der Waals surface area contributed by atoms with Gasteiger partial charge in [-0.2, -0.15) is 0 Å². The predicted octanol–water partition coefficient (Wildman–Crippen LogP) is 4.28. The van der Waals surface area contributed by atoms with Crippen LogP contribution in [0.4, 0.5) is 8.78 Å². The Morgan fingerprint density at radius 3 is 2.45 bits per heavy atom. The minimum Gasteiger partial charge on any atom is -0.496 e. The second kappa shape index (κ2) is 5.71. The quantitative estimate of drug-likeness (QED) is 0.779. The number of halogens is 3. The van der Waals surface area contributed by atoms with Gasteiger partial charge in [0, 0.05) is 11.6 Å². The Bertz CT molecular complexity index is 684. The molecule has 0 saturated heterocycles. The largest absolute Gasteiger partial charge is 0.496 e. The third-order valence-electron chi connectivity index (χ3n) is 2.92. The van der Waals surface area contributed by atoms with Crippen molar-refractivity contribution < 1.29 is 18.3 Å². The van der Waals surface area contributed by atoms with Crippen molar-refractivity contribution in [1.82, 2.24) is 0 Å². The van der Waals surface area contributed by atoms with E-state index in [4.69, 9.17) is 4.74 Å². The number of hydrogen-bond acceptors (Lipinski definition) is 2. The molecule has 2 rings (SSSR count). The zero-order chi connectivity index (χ0) is 14.9. The normalized spacial score (nSPS) is 10.4. The van der Waals surface area contributed by atoms with Crippen LogP contribution in [0.5, 0.6) is 5.75 Å². The third kappa shape index (κ3) is 2.72. The Labute approximate surface area is 123 Å². The van der Waals surface area contributed by atoms with E-state index in [9.17, 15) is 13.6 Å². The summed E-state index contributed by atoms with van der Waals surface area (Å²) in [5.74, 6) is -1.32. The maximum atomic E-state index is 13.5. The molecule has 0 atom stereocenters. The molecule has 104 valence electrons. The highest BCUT2D eigenvalue weighted by atomic mass is 79.9. The highest BCUT2D eigenvalue weighted by molar-refractivity contribution is 9.10. The number of aryl methyl sites for hydroxylation is 1.